The predicted molar refractivity (Wildman–Crippen MR) is 202 cm³/mol. The van der Waals surface area contributed by atoms with E-state index in [0.717, 1.165) is 6.42 Å². The Morgan fingerprint density at radius 2 is 1.19 bits per heavy atom. The largest absolute Gasteiger partial charge is 0.0836 e. The molecule has 230 valence electrons. The molecule has 0 heterocycles. The molecule has 4 aromatic carbocycles. The molecule has 0 nitrogen and oxygen atoms in total. The molecule has 0 heteroatoms. The van der Waals surface area contributed by atoms with Gasteiger partial charge in [-0.15, -0.1) is 0 Å². The van der Waals surface area contributed by atoms with Crippen LogP contribution in [-0.4, -0.2) is 0 Å². The van der Waals surface area contributed by atoms with Gasteiger partial charge in [0.25, 0.3) is 0 Å². The minimum Gasteiger partial charge on any atom is -0.0836 e. The molecule has 5 aliphatic carbocycles. The van der Waals surface area contributed by atoms with Crippen LogP contribution < -0.4 is 10.4 Å². The van der Waals surface area contributed by atoms with Crippen molar-refractivity contribution in [2.45, 2.75) is 12.3 Å². The summed E-state index contributed by atoms with van der Waals surface area (Å²) in [5.41, 5.74) is 12.2. The first-order valence-electron chi connectivity index (χ1n) is 17.4. The van der Waals surface area contributed by atoms with E-state index >= 15 is 0 Å². The lowest BCUT2D eigenvalue weighted by atomic mass is 9.65. The number of hydrogen-bond acceptors (Lipinski definition) is 0. The van der Waals surface area contributed by atoms with Crippen molar-refractivity contribution in [2.75, 3.05) is 0 Å². The van der Waals surface area contributed by atoms with Crippen LogP contribution in [0.25, 0.3) is 27.8 Å². The Kier molecular flexibility index (Phi) is 7.36. The van der Waals surface area contributed by atoms with Crippen LogP contribution in [0.15, 0.2) is 199 Å². The summed E-state index contributed by atoms with van der Waals surface area (Å²) in [5, 5.41) is 2.73. The topological polar surface area (TPSA) is 0 Å². The summed E-state index contributed by atoms with van der Waals surface area (Å²) in [6, 6.07) is 40.1. The summed E-state index contributed by atoms with van der Waals surface area (Å²) in [6.07, 6.45) is 31.9. The zero-order valence-corrected chi connectivity index (χ0v) is 27.0. The van der Waals surface area contributed by atoms with Crippen molar-refractivity contribution in [1.29, 1.82) is 0 Å². The fourth-order valence-electron chi connectivity index (χ4n) is 8.47. The van der Waals surface area contributed by atoms with Crippen molar-refractivity contribution in [3.63, 3.8) is 0 Å². The maximum atomic E-state index is 2.57. The number of rotatable bonds is 5. The van der Waals surface area contributed by atoms with Crippen LogP contribution in [0.2, 0.25) is 0 Å². The number of benzene rings is 4. The molecule has 5 atom stereocenters. The predicted octanol–water partition coefficient (Wildman–Crippen LogP) is 10.1. The van der Waals surface area contributed by atoms with Gasteiger partial charge in [-0.25, -0.2) is 0 Å². The van der Waals surface area contributed by atoms with Crippen LogP contribution in [0, 0.1) is 23.7 Å². The molecule has 0 bridgehead atoms. The second-order valence-electron chi connectivity index (χ2n) is 13.5. The highest BCUT2D eigenvalue weighted by atomic mass is 14.4. The quantitative estimate of drug-likeness (QED) is 0.210. The first-order valence-corrected chi connectivity index (χ1v) is 17.4. The molecule has 0 N–H and O–H groups in total. The van der Waals surface area contributed by atoms with Gasteiger partial charge in [0.1, 0.15) is 0 Å². The van der Waals surface area contributed by atoms with Crippen molar-refractivity contribution in [1.82, 2.24) is 0 Å². The average molecular weight is 615 g/mol. The summed E-state index contributed by atoms with van der Waals surface area (Å²) in [7, 11) is 0. The maximum absolute atomic E-state index is 2.57. The third-order valence-electron chi connectivity index (χ3n) is 10.8. The fraction of sp³-hybridized carbons (Fsp3) is 0.125. The monoisotopic (exact) mass is 614 g/mol. The summed E-state index contributed by atoms with van der Waals surface area (Å²) in [6.45, 7) is 0. The summed E-state index contributed by atoms with van der Waals surface area (Å²) < 4.78 is 0. The highest BCUT2D eigenvalue weighted by molar-refractivity contribution is 5.88. The molecule has 0 saturated carbocycles. The standard InChI is InChI=1S/C48H38/c1-4-14-33(15-5-1)38-27-29-44-45(31-38)47(40-25-24-35-18-10-11-21-37(35)30-40)43-28-26-39(34-16-6-2-7-17-34)32-46(43)48(44)42-23-13-12-22-41(42)36-19-8-3-9-20-36/h1-21,23-32,35,37,41,43,46H,22H2. The van der Waals surface area contributed by atoms with E-state index in [0.29, 0.717) is 17.8 Å². The lowest BCUT2D eigenvalue weighted by molar-refractivity contribution is 0.646. The summed E-state index contributed by atoms with van der Waals surface area (Å²) >= 11 is 0. The summed E-state index contributed by atoms with van der Waals surface area (Å²) in [4.78, 5) is 0. The first kappa shape index (κ1) is 28.7. The molecule has 0 amide bonds. The molecular weight excluding hydrogens is 577 g/mol. The molecule has 0 fully saturated rings. The summed E-state index contributed by atoms with van der Waals surface area (Å²) in [5.74, 6) is 1.53. The minimum atomic E-state index is 0.202. The lowest BCUT2D eigenvalue weighted by Crippen LogP contribution is -2.41. The van der Waals surface area contributed by atoms with Gasteiger partial charge in [0.15, 0.2) is 0 Å². The molecule has 5 aliphatic rings. The smallest absolute Gasteiger partial charge is 0.0140 e. The van der Waals surface area contributed by atoms with Gasteiger partial charge < -0.3 is 0 Å². The Hall–Kier alpha value is -5.46. The van der Waals surface area contributed by atoms with Gasteiger partial charge in [0, 0.05) is 29.6 Å². The molecule has 0 radical (unpaired) electrons. The van der Waals surface area contributed by atoms with Crippen molar-refractivity contribution >= 4 is 16.7 Å². The Balaban J connectivity index is 1.35. The van der Waals surface area contributed by atoms with E-state index in [2.05, 4.69) is 188 Å². The van der Waals surface area contributed by atoms with Crippen molar-refractivity contribution in [3.8, 4) is 11.1 Å². The Morgan fingerprint density at radius 1 is 0.479 bits per heavy atom. The lowest BCUT2D eigenvalue weighted by Gasteiger charge is -2.38. The average Bonchev–Trinajstić information content (AvgIpc) is 3.17. The van der Waals surface area contributed by atoms with E-state index in [9.17, 15) is 0 Å². The van der Waals surface area contributed by atoms with Gasteiger partial charge in [-0.1, -0.05) is 182 Å². The van der Waals surface area contributed by atoms with E-state index in [1.807, 2.05) is 0 Å². The van der Waals surface area contributed by atoms with Crippen LogP contribution in [-0.2, 0) is 0 Å². The highest BCUT2D eigenvalue weighted by Gasteiger charge is 2.37. The van der Waals surface area contributed by atoms with Gasteiger partial charge in [0.05, 0.1) is 0 Å². The molecule has 9 rings (SSSR count). The molecule has 48 heavy (non-hydrogen) atoms. The number of fused-ring (bicyclic) bond motifs is 3. The van der Waals surface area contributed by atoms with Crippen LogP contribution in [0.3, 0.4) is 0 Å². The number of allylic oxidation sites excluding steroid dienone is 16. The van der Waals surface area contributed by atoms with Crippen molar-refractivity contribution < 1.29 is 0 Å². The van der Waals surface area contributed by atoms with E-state index in [1.165, 1.54) is 60.6 Å². The Bertz CT molecular complexity index is 2250. The maximum Gasteiger partial charge on any atom is 0.0140 e. The van der Waals surface area contributed by atoms with Gasteiger partial charge in [-0.2, -0.15) is 0 Å². The highest BCUT2D eigenvalue weighted by Crippen LogP contribution is 2.48. The van der Waals surface area contributed by atoms with Crippen LogP contribution >= 0.6 is 0 Å². The molecule has 5 unspecified atom stereocenters. The second-order valence-corrected chi connectivity index (χ2v) is 13.5. The van der Waals surface area contributed by atoms with Crippen molar-refractivity contribution in [3.05, 3.63) is 221 Å². The SMILES string of the molecule is C1=CCC(c2ccccc2)C(C2=c3ccc(-c4ccccc4)cc3=C(C3=CC4C=CC=CC4C=C3)C3C=CC(c4ccccc4)=CC23)=C1. The first-order chi connectivity index (χ1) is 23.8. The van der Waals surface area contributed by atoms with E-state index in [-0.39, 0.29) is 11.8 Å². The molecule has 0 aliphatic heterocycles. The molecule has 0 saturated heterocycles. The zero-order valence-electron chi connectivity index (χ0n) is 27.0. The Labute approximate surface area is 283 Å². The second kappa shape index (κ2) is 12.3. The van der Waals surface area contributed by atoms with Gasteiger partial charge in [-0.05, 0) is 73.0 Å². The van der Waals surface area contributed by atoms with Crippen LogP contribution in [0.1, 0.15) is 23.5 Å². The third kappa shape index (κ3) is 5.09. The molecular formula is C48H38. The van der Waals surface area contributed by atoms with Gasteiger partial charge >= 0.3 is 0 Å². The molecule has 4 aromatic rings. The van der Waals surface area contributed by atoms with Gasteiger partial charge in [-0.3, -0.25) is 0 Å². The van der Waals surface area contributed by atoms with Crippen molar-refractivity contribution in [2.24, 2.45) is 23.7 Å². The van der Waals surface area contributed by atoms with Gasteiger partial charge in [0.2, 0.25) is 0 Å². The van der Waals surface area contributed by atoms with E-state index in [4.69, 9.17) is 0 Å². The fourth-order valence-corrected chi connectivity index (χ4v) is 8.47. The van der Waals surface area contributed by atoms with E-state index in [1.54, 1.807) is 0 Å². The number of hydrogen-bond donors (Lipinski definition) is 0. The molecule has 0 spiro atoms. The normalized spacial score (nSPS) is 25.1. The van der Waals surface area contributed by atoms with Crippen LogP contribution in [0.4, 0.5) is 0 Å². The molecule has 0 aromatic heterocycles. The van der Waals surface area contributed by atoms with E-state index < -0.39 is 0 Å². The van der Waals surface area contributed by atoms with Crippen LogP contribution in [0.5, 0.6) is 0 Å². The zero-order chi connectivity index (χ0) is 31.9. The minimum absolute atomic E-state index is 0.202. The third-order valence-corrected chi connectivity index (χ3v) is 10.8. The Morgan fingerprint density at radius 3 is 1.98 bits per heavy atom.